The lowest BCUT2D eigenvalue weighted by Gasteiger charge is -2.29. The quantitative estimate of drug-likeness (QED) is 0.426. The van der Waals surface area contributed by atoms with Crippen LogP contribution in [-0.4, -0.2) is 37.5 Å². The van der Waals surface area contributed by atoms with Crippen molar-refractivity contribution in [2.45, 2.75) is 12.8 Å². The van der Waals surface area contributed by atoms with Crippen molar-refractivity contribution in [3.05, 3.63) is 64.4 Å². The van der Waals surface area contributed by atoms with Crippen LogP contribution in [0.5, 0.6) is 0 Å². The Hall–Kier alpha value is -1.34. The van der Waals surface area contributed by atoms with Crippen LogP contribution in [0.15, 0.2) is 58.9 Å². The van der Waals surface area contributed by atoms with Gasteiger partial charge in [-0.15, -0.1) is 35.3 Å². The molecule has 128 valence electrons. The zero-order chi connectivity index (χ0) is 15.9. The molecule has 0 atom stereocenters. The molecule has 0 bridgehead atoms. The standard InChI is InChI=1S/C19H23N3S.HI/c1-20-19(21-12-9-18-8-5-15-23-18)22-13-10-17(11-14-22)16-6-3-2-4-7-16;/h2-8,10,15H,9,11-14H2,1H3,(H,20,21);1H. The summed E-state index contributed by atoms with van der Waals surface area (Å²) in [5.41, 5.74) is 2.78. The fraction of sp³-hybridized carbons (Fsp3) is 0.316. The molecule has 5 heteroatoms. The minimum absolute atomic E-state index is 0. The number of hydrogen-bond donors (Lipinski definition) is 1. The molecule has 3 nitrogen and oxygen atoms in total. The molecule has 0 saturated heterocycles. The smallest absolute Gasteiger partial charge is 0.193 e. The number of guanidine groups is 1. The zero-order valence-corrected chi connectivity index (χ0v) is 17.1. The number of nitrogens with one attached hydrogen (secondary N) is 1. The fourth-order valence-corrected chi connectivity index (χ4v) is 3.57. The van der Waals surface area contributed by atoms with Crippen LogP contribution in [0.1, 0.15) is 16.9 Å². The summed E-state index contributed by atoms with van der Waals surface area (Å²) in [6.45, 7) is 2.86. The maximum Gasteiger partial charge on any atom is 0.193 e. The van der Waals surface area contributed by atoms with Gasteiger partial charge < -0.3 is 10.2 Å². The first-order valence-electron chi connectivity index (χ1n) is 8.09. The van der Waals surface area contributed by atoms with E-state index in [0.717, 1.165) is 38.4 Å². The van der Waals surface area contributed by atoms with E-state index in [1.165, 1.54) is 16.0 Å². The van der Waals surface area contributed by atoms with Gasteiger partial charge in [0.15, 0.2) is 5.96 Å². The summed E-state index contributed by atoms with van der Waals surface area (Å²) in [5, 5.41) is 5.62. The van der Waals surface area contributed by atoms with Crippen LogP contribution < -0.4 is 5.32 Å². The highest BCUT2D eigenvalue weighted by Crippen LogP contribution is 2.21. The highest BCUT2D eigenvalue weighted by Gasteiger charge is 2.15. The van der Waals surface area contributed by atoms with Crippen molar-refractivity contribution in [1.29, 1.82) is 0 Å². The van der Waals surface area contributed by atoms with Crippen molar-refractivity contribution < 1.29 is 0 Å². The van der Waals surface area contributed by atoms with Gasteiger partial charge in [0.2, 0.25) is 0 Å². The van der Waals surface area contributed by atoms with E-state index in [1.54, 1.807) is 0 Å². The lowest BCUT2D eigenvalue weighted by atomic mass is 10.00. The van der Waals surface area contributed by atoms with Crippen molar-refractivity contribution in [3.63, 3.8) is 0 Å². The molecule has 2 heterocycles. The summed E-state index contributed by atoms with van der Waals surface area (Å²) in [6, 6.07) is 14.9. The largest absolute Gasteiger partial charge is 0.356 e. The summed E-state index contributed by atoms with van der Waals surface area (Å²) in [6.07, 6.45) is 4.44. The third kappa shape index (κ3) is 5.08. The molecule has 0 aliphatic carbocycles. The molecule has 3 rings (SSSR count). The number of hydrogen-bond acceptors (Lipinski definition) is 2. The van der Waals surface area contributed by atoms with E-state index >= 15 is 0 Å². The lowest BCUT2D eigenvalue weighted by Crippen LogP contribution is -2.44. The van der Waals surface area contributed by atoms with Gasteiger partial charge in [0.25, 0.3) is 0 Å². The summed E-state index contributed by atoms with van der Waals surface area (Å²) in [4.78, 5) is 8.17. The molecule has 1 aliphatic heterocycles. The maximum absolute atomic E-state index is 4.43. The van der Waals surface area contributed by atoms with Crippen LogP contribution in [0, 0.1) is 0 Å². The van der Waals surface area contributed by atoms with Gasteiger partial charge in [-0.05, 0) is 35.4 Å². The first-order chi connectivity index (χ1) is 11.4. The molecule has 1 aromatic heterocycles. The van der Waals surface area contributed by atoms with Crippen molar-refractivity contribution in [2.75, 3.05) is 26.7 Å². The van der Waals surface area contributed by atoms with Gasteiger partial charge in [-0.1, -0.05) is 42.5 Å². The van der Waals surface area contributed by atoms with Gasteiger partial charge in [0.1, 0.15) is 0 Å². The van der Waals surface area contributed by atoms with Crippen molar-refractivity contribution in [2.24, 2.45) is 4.99 Å². The molecule has 1 aliphatic rings. The monoisotopic (exact) mass is 453 g/mol. The molecule has 2 aromatic rings. The number of thiophene rings is 1. The maximum atomic E-state index is 4.43. The first-order valence-corrected chi connectivity index (χ1v) is 8.97. The highest BCUT2D eigenvalue weighted by molar-refractivity contribution is 14.0. The number of nitrogens with zero attached hydrogens (tertiary/aromatic N) is 2. The van der Waals surface area contributed by atoms with Gasteiger partial charge in [-0.25, -0.2) is 0 Å². The number of halogens is 1. The predicted molar refractivity (Wildman–Crippen MR) is 115 cm³/mol. The van der Waals surface area contributed by atoms with Crippen molar-refractivity contribution in [1.82, 2.24) is 10.2 Å². The second-order valence-electron chi connectivity index (χ2n) is 5.59. The summed E-state index contributed by atoms with van der Waals surface area (Å²) >= 11 is 1.81. The molecule has 0 saturated carbocycles. The fourth-order valence-electron chi connectivity index (χ4n) is 2.86. The number of rotatable bonds is 4. The van der Waals surface area contributed by atoms with E-state index in [1.807, 2.05) is 18.4 Å². The molecule has 0 unspecified atom stereocenters. The Morgan fingerprint density at radius 2 is 2.04 bits per heavy atom. The van der Waals surface area contributed by atoms with Crippen LogP contribution in [0.4, 0.5) is 0 Å². The average Bonchev–Trinajstić information content (AvgIpc) is 3.13. The van der Waals surface area contributed by atoms with Crippen LogP contribution in [0.2, 0.25) is 0 Å². The molecule has 0 radical (unpaired) electrons. The van der Waals surface area contributed by atoms with E-state index < -0.39 is 0 Å². The Bertz CT molecular complexity index is 665. The van der Waals surface area contributed by atoms with E-state index in [0.29, 0.717) is 0 Å². The molecular weight excluding hydrogens is 429 g/mol. The minimum Gasteiger partial charge on any atom is -0.356 e. The van der Waals surface area contributed by atoms with Gasteiger partial charge >= 0.3 is 0 Å². The number of benzene rings is 1. The second-order valence-corrected chi connectivity index (χ2v) is 6.63. The Morgan fingerprint density at radius 1 is 1.21 bits per heavy atom. The highest BCUT2D eigenvalue weighted by atomic mass is 127. The van der Waals surface area contributed by atoms with Gasteiger partial charge in [-0.3, -0.25) is 4.99 Å². The van der Waals surface area contributed by atoms with Crippen molar-refractivity contribution in [3.8, 4) is 0 Å². The third-order valence-corrected chi connectivity index (χ3v) is 5.04. The van der Waals surface area contributed by atoms with E-state index in [-0.39, 0.29) is 24.0 Å². The van der Waals surface area contributed by atoms with E-state index in [4.69, 9.17) is 0 Å². The number of aliphatic imine (C=N–C) groups is 1. The van der Waals surface area contributed by atoms with Crippen molar-refractivity contribution >= 4 is 46.8 Å². The molecule has 1 N–H and O–H groups in total. The average molecular weight is 453 g/mol. The molecule has 0 fully saturated rings. The Balaban J connectivity index is 0.00000208. The van der Waals surface area contributed by atoms with Crippen LogP contribution in [0.3, 0.4) is 0 Å². The Morgan fingerprint density at radius 3 is 2.67 bits per heavy atom. The normalized spacial score (nSPS) is 14.8. The Kier molecular flexibility index (Phi) is 7.78. The second kappa shape index (κ2) is 9.84. The zero-order valence-electron chi connectivity index (χ0n) is 13.9. The van der Waals surface area contributed by atoms with Crippen LogP contribution in [0.25, 0.3) is 5.57 Å². The minimum atomic E-state index is 0. The van der Waals surface area contributed by atoms with Crippen LogP contribution >= 0.6 is 35.3 Å². The molecule has 1 aromatic carbocycles. The molecule has 24 heavy (non-hydrogen) atoms. The van der Waals surface area contributed by atoms with E-state index in [9.17, 15) is 0 Å². The van der Waals surface area contributed by atoms with Gasteiger partial charge in [0.05, 0.1) is 0 Å². The summed E-state index contributed by atoms with van der Waals surface area (Å²) < 4.78 is 0. The molecular formula is C19H24IN3S. The molecule has 0 amide bonds. The van der Waals surface area contributed by atoms with Gasteiger partial charge in [-0.2, -0.15) is 0 Å². The summed E-state index contributed by atoms with van der Waals surface area (Å²) in [7, 11) is 1.86. The summed E-state index contributed by atoms with van der Waals surface area (Å²) in [5.74, 6) is 1.00. The Labute approximate surface area is 165 Å². The van der Waals surface area contributed by atoms with E-state index in [2.05, 4.69) is 69.1 Å². The first kappa shape index (κ1) is 19.0. The lowest BCUT2D eigenvalue weighted by molar-refractivity contribution is 0.440. The molecule has 0 spiro atoms. The van der Waals surface area contributed by atoms with Gasteiger partial charge in [0, 0.05) is 31.6 Å². The van der Waals surface area contributed by atoms with Crippen LogP contribution in [-0.2, 0) is 6.42 Å². The SMILES string of the molecule is CN=C(NCCc1cccs1)N1CC=C(c2ccccc2)CC1.I. The third-order valence-electron chi connectivity index (χ3n) is 4.10. The predicted octanol–water partition coefficient (Wildman–Crippen LogP) is 4.27. The topological polar surface area (TPSA) is 27.6 Å².